The molecule has 112 valence electrons. The van der Waals surface area contributed by atoms with Gasteiger partial charge in [-0.05, 0) is 30.2 Å². The Bertz CT molecular complexity index is 784. The zero-order chi connectivity index (χ0) is 15.6. The normalized spacial score (nSPS) is 11.4. The third-order valence-corrected chi connectivity index (χ3v) is 5.19. The predicted octanol–water partition coefficient (Wildman–Crippen LogP) is 1.77. The molecule has 0 saturated heterocycles. The fourth-order valence-corrected chi connectivity index (χ4v) is 3.20. The van der Waals surface area contributed by atoms with Crippen molar-refractivity contribution in [3.8, 4) is 0 Å². The van der Waals surface area contributed by atoms with Crippen LogP contribution >= 0.6 is 11.3 Å². The molecular weight excluding hydrogens is 315 g/mol. The number of primary sulfonamides is 1. The van der Waals surface area contributed by atoms with Crippen molar-refractivity contribution in [1.82, 2.24) is 5.32 Å². The number of thiophene rings is 1. The monoisotopic (exact) mass is 328 g/mol. The molecule has 3 N–H and O–H groups in total. The van der Waals surface area contributed by atoms with Crippen LogP contribution in [0, 0.1) is 12.7 Å². The summed E-state index contributed by atoms with van der Waals surface area (Å²) >= 11 is 0.877. The van der Waals surface area contributed by atoms with Gasteiger partial charge in [0.1, 0.15) is 10.0 Å². The number of hydrogen-bond acceptors (Lipinski definition) is 4. The summed E-state index contributed by atoms with van der Waals surface area (Å²) in [5.41, 5.74) is 1.35. The number of benzene rings is 1. The molecule has 0 spiro atoms. The Morgan fingerprint density at radius 3 is 2.67 bits per heavy atom. The van der Waals surface area contributed by atoms with Gasteiger partial charge in [-0.3, -0.25) is 4.79 Å². The highest BCUT2D eigenvalue weighted by Crippen LogP contribution is 2.18. The molecule has 2 rings (SSSR count). The molecule has 5 nitrogen and oxygen atoms in total. The lowest BCUT2D eigenvalue weighted by atomic mass is 10.1. The maximum atomic E-state index is 13.4. The van der Waals surface area contributed by atoms with Gasteiger partial charge in [-0.15, -0.1) is 11.3 Å². The Kier molecular flexibility index (Phi) is 4.40. The molecule has 0 atom stereocenters. The minimum absolute atomic E-state index is 0.0750. The number of carbonyl (C=O) groups excluding carboxylic acids is 1. The van der Waals surface area contributed by atoms with Crippen LogP contribution in [0.5, 0.6) is 0 Å². The van der Waals surface area contributed by atoms with E-state index in [-0.39, 0.29) is 22.1 Å². The quantitative estimate of drug-likeness (QED) is 0.896. The molecule has 21 heavy (non-hydrogen) atoms. The molecule has 1 aromatic heterocycles. The number of amides is 1. The van der Waals surface area contributed by atoms with Crippen LogP contribution in [0.4, 0.5) is 4.39 Å². The highest BCUT2D eigenvalue weighted by atomic mass is 32.2. The number of carbonyl (C=O) groups is 1. The number of hydrogen-bond donors (Lipinski definition) is 2. The van der Waals surface area contributed by atoms with Crippen molar-refractivity contribution < 1.29 is 17.6 Å². The van der Waals surface area contributed by atoms with Gasteiger partial charge in [0.2, 0.25) is 10.0 Å². The van der Waals surface area contributed by atoms with Crippen LogP contribution in [0.3, 0.4) is 0 Å². The van der Waals surface area contributed by atoms with Gasteiger partial charge in [-0.1, -0.05) is 12.1 Å². The molecule has 1 aromatic carbocycles. The first-order valence-electron chi connectivity index (χ1n) is 5.92. The van der Waals surface area contributed by atoms with Crippen LogP contribution in [-0.4, -0.2) is 14.3 Å². The molecule has 1 amide bonds. The Hall–Kier alpha value is -1.77. The first-order chi connectivity index (χ1) is 9.77. The summed E-state index contributed by atoms with van der Waals surface area (Å²) in [5, 5.41) is 8.97. The summed E-state index contributed by atoms with van der Waals surface area (Å²) in [5.74, 6) is -0.782. The molecule has 0 radical (unpaired) electrons. The van der Waals surface area contributed by atoms with Crippen molar-refractivity contribution >= 4 is 27.3 Å². The van der Waals surface area contributed by atoms with Crippen LogP contribution in [0.25, 0.3) is 0 Å². The third kappa shape index (κ3) is 3.87. The fourth-order valence-electron chi connectivity index (χ4n) is 1.62. The average molecular weight is 328 g/mol. The van der Waals surface area contributed by atoms with Crippen LogP contribution in [0.2, 0.25) is 0 Å². The fraction of sp³-hybridized carbons (Fsp3) is 0.154. The second-order valence-corrected chi connectivity index (χ2v) is 7.17. The zero-order valence-electron chi connectivity index (χ0n) is 11.1. The largest absolute Gasteiger partial charge is 0.348 e. The van der Waals surface area contributed by atoms with Crippen LogP contribution in [-0.2, 0) is 16.6 Å². The standard InChI is InChI=1S/C13H13FN2O3S2/c1-8-2-3-9(4-11(8)14)6-16-13(17)10-5-12(20-7-10)21(15,18)19/h2-5,7H,6H2,1H3,(H,16,17)(H2,15,18,19). The summed E-state index contributed by atoms with van der Waals surface area (Å²) in [7, 11) is -3.80. The lowest BCUT2D eigenvalue weighted by molar-refractivity contribution is 0.0951. The third-order valence-electron chi connectivity index (χ3n) is 2.81. The summed E-state index contributed by atoms with van der Waals surface area (Å²) in [6.07, 6.45) is 0. The summed E-state index contributed by atoms with van der Waals surface area (Å²) in [6, 6.07) is 5.90. The number of nitrogens with two attached hydrogens (primary N) is 1. The molecule has 2 aromatic rings. The zero-order valence-corrected chi connectivity index (χ0v) is 12.7. The number of aryl methyl sites for hydroxylation is 1. The molecule has 0 aliphatic heterocycles. The first kappa shape index (κ1) is 15.6. The van der Waals surface area contributed by atoms with E-state index in [0.29, 0.717) is 11.1 Å². The maximum Gasteiger partial charge on any atom is 0.252 e. The molecule has 0 aliphatic carbocycles. The lowest BCUT2D eigenvalue weighted by Crippen LogP contribution is -2.22. The number of halogens is 1. The van der Waals surface area contributed by atoms with Gasteiger partial charge in [-0.2, -0.15) is 0 Å². The highest BCUT2D eigenvalue weighted by molar-refractivity contribution is 7.91. The summed E-state index contributed by atoms with van der Waals surface area (Å²) in [4.78, 5) is 11.9. The van der Waals surface area contributed by atoms with Crippen LogP contribution in [0.15, 0.2) is 33.9 Å². The minimum atomic E-state index is -3.80. The predicted molar refractivity (Wildman–Crippen MR) is 78.0 cm³/mol. The molecule has 0 aliphatic rings. The van der Waals surface area contributed by atoms with Crippen molar-refractivity contribution in [2.45, 2.75) is 17.7 Å². The van der Waals surface area contributed by atoms with E-state index >= 15 is 0 Å². The van der Waals surface area contributed by atoms with Crippen molar-refractivity contribution in [1.29, 1.82) is 0 Å². The van der Waals surface area contributed by atoms with E-state index in [1.165, 1.54) is 17.5 Å². The van der Waals surface area contributed by atoms with Crippen molar-refractivity contribution in [2.75, 3.05) is 0 Å². The molecular formula is C13H13FN2O3S2. The SMILES string of the molecule is Cc1ccc(CNC(=O)c2csc(S(N)(=O)=O)c2)cc1F. The lowest BCUT2D eigenvalue weighted by Gasteiger charge is -2.05. The van der Waals surface area contributed by atoms with Crippen LogP contribution in [0.1, 0.15) is 21.5 Å². The van der Waals surface area contributed by atoms with Gasteiger partial charge >= 0.3 is 0 Å². The Morgan fingerprint density at radius 2 is 2.10 bits per heavy atom. The Labute approximate surface area is 125 Å². The average Bonchev–Trinajstić information content (AvgIpc) is 2.89. The van der Waals surface area contributed by atoms with Gasteiger partial charge in [0.05, 0.1) is 5.56 Å². The second kappa shape index (κ2) is 5.92. The van der Waals surface area contributed by atoms with E-state index < -0.39 is 15.9 Å². The summed E-state index contributed by atoms with van der Waals surface area (Å²) < 4.78 is 35.6. The van der Waals surface area contributed by atoms with Gasteiger partial charge in [-0.25, -0.2) is 17.9 Å². The Morgan fingerprint density at radius 1 is 1.38 bits per heavy atom. The number of sulfonamides is 1. The van der Waals surface area contributed by atoms with E-state index in [0.717, 1.165) is 11.3 Å². The van der Waals surface area contributed by atoms with Crippen molar-refractivity contribution in [3.05, 3.63) is 52.2 Å². The second-order valence-electron chi connectivity index (χ2n) is 4.47. The molecule has 0 bridgehead atoms. The highest BCUT2D eigenvalue weighted by Gasteiger charge is 2.15. The molecule has 0 fully saturated rings. The van der Waals surface area contributed by atoms with E-state index in [1.807, 2.05) is 0 Å². The van der Waals surface area contributed by atoms with Gasteiger partial charge < -0.3 is 5.32 Å². The van der Waals surface area contributed by atoms with Crippen molar-refractivity contribution in [2.24, 2.45) is 5.14 Å². The van der Waals surface area contributed by atoms with Crippen molar-refractivity contribution in [3.63, 3.8) is 0 Å². The molecule has 1 heterocycles. The van der Waals surface area contributed by atoms with E-state index in [9.17, 15) is 17.6 Å². The Balaban J connectivity index is 2.05. The van der Waals surface area contributed by atoms with Gasteiger partial charge in [0, 0.05) is 11.9 Å². The minimum Gasteiger partial charge on any atom is -0.348 e. The molecule has 0 saturated carbocycles. The van der Waals surface area contributed by atoms with E-state index in [4.69, 9.17) is 5.14 Å². The maximum absolute atomic E-state index is 13.4. The van der Waals surface area contributed by atoms with Crippen LogP contribution < -0.4 is 10.5 Å². The smallest absolute Gasteiger partial charge is 0.252 e. The van der Waals surface area contributed by atoms with E-state index in [1.54, 1.807) is 19.1 Å². The topological polar surface area (TPSA) is 89.3 Å². The first-order valence-corrected chi connectivity index (χ1v) is 8.34. The molecule has 0 unspecified atom stereocenters. The summed E-state index contributed by atoms with van der Waals surface area (Å²) in [6.45, 7) is 1.80. The van der Waals surface area contributed by atoms with Gasteiger partial charge in [0.25, 0.3) is 5.91 Å². The number of nitrogens with one attached hydrogen (secondary N) is 1. The van der Waals surface area contributed by atoms with Gasteiger partial charge in [0.15, 0.2) is 0 Å². The van der Waals surface area contributed by atoms with E-state index in [2.05, 4.69) is 5.32 Å². The number of rotatable bonds is 4. The molecule has 8 heteroatoms.